The molecular formula is C20H27N. The molecule has 0 fully saturated rings. The minimum Gasteiger partial charge on any atom is -0.309 e. The summed E-state index contributed by atoms with van der Waals surface area (Å²) in [7, 11) is 0. The second kappa shape index (κ2) is 6.91. The van der Waals surface area contributed by atoms with Crippen LogP contribution >= 0.6 is 0 Å². The van der Waals surface area contributed by atoms with Crippen molar-refractivity contribution in [2.75, 3.05) is 6.54 Å². The molecule has 1 N–H and O–H groups in total. The molecule has 0 aliphatic carbocycles. The van der Waals surface area contributed by atoms with Crippen LogP contribution in [0.3, 0.4) is 0 Å². The van der Waals surface area contributed by atoms with E-state index in [1.54, 1.807) is 0 Å². The van der Waals surface area contributed by atoms with Crippen LogP contribution in [0.1, 0.15) is 50.4 Å². The molecule has 2 rings (SSSR count). The van der Waals surface area contributed by atoms with Gasteiger partial charge < -0.3 is 5.32 Å². The average Bonchev–Trinajstić information content (AvgIpc) is 2.53. The zero-order valence-corrected chi connectivity index (χ0v) is 13.7. The molecule has 0 aliphatic rings. The summed E-state index contributed by atoms with van der Waals surface area (Å²) in [6.45, 7) is 9.99. The Labute approximate surface area is 129 Å². The van der Waals surface area contributed by atoms with Crippen molar-refractivity contribution in [3.05, 3.63) is 71.3 Å². The van der Waals surface area contributed by atoms with E-state index in [0.717, 1.165) is 13.0 Å². The zero-order valence-electron chi connectivity index (χ0n) is 13.7. The molecule has 0 heterocycles. The van der Waals surface area contributed by atoms with Gasteiger partial charge in [0.25, 0.3) is 0 Å². The Hall–Kier alpha value is -1.60. The normalized spacial score (nSPS) is 13.1. The number of benzene rings is 2. The van der Waals surface area contributed by atoms with Crippen molar-refractivity contribution in [3.8, 4) is 0 Å². The minimum absolute atomic E-state index is 0.138. The maximum atomic E-state index is 3.68. The predicted molar refractivity (Wildman–Crippen MR) is 91.7 cm³/mol. The highest BCUT2D eigenvalue weighted by atomic mass is 14.9. The number of nitrogens with one attached hydrogen (secondary N) is 1. The second-order valence-electron chi connectivity index (χ2n) is 6.45. The topological polar surface area (TPSA) is 12.0 Å². The molecule has 21 heavy (non-hydrogen) atoms. The van der Waals surface area contributed by atoms with Crippen LogP contribution < -0.4 is 5.32 Å². The van der Waals surface area contributed by atoms with Gasteiger partial charge in [0.1, 0.15) is 0 Å². The van der Waals surface area contributed by atoms with Crippen molar-refractivity contribution in [2.45, 2.75) is 45.6 Å². The first-order chi connectivity index (χ1) is 10.0. The molecule has 2 aromatic rings. The smallest absolute Gasteiger partial charge is 0.0292 e. The van der Waals surface area contributed by atoms with E-state index >= 15 is 0 Å². The minimum atomic E-state index is 0.138. The fourth-order valence-electron chi connectivity index (χ4n) is 2.56. The summed E-state index contributed by atoms with van der Waals surface area (Å²) >= 11 is 0. The first-order valence-electron chi connectivity index (χ1n) is 7.90. The largest absolute Gasteiger partial charge is 0.309 e. The SMILES string of the molecule is CCc1ccc(C(C)NCC(C)(C)c2ccccc2)cc1. The molecule has 1 atom stereocenters. The Balaban J connectivity index is 1.98. The van der Waals surface area contributed by atoms with Gasteiger partial charge in [0.15, 0.2) is 0 Å². The van der Waals surface area contributed by atoms with E-state index in [9.17, 15) is 0 Å². The van der Waals surface area contributed by atoms with Crippen LogP contribution in [0, 0.1) is 0 Å². The summed E-state index contributed by atoms with van der Waals surface area (Å²) in [5.41, 5.74) is 4.27. The average molecular weight is 281 g/mol. The highest BCUT2D eigenvalue weighted by Crippen LogP contribution is 2.23. The molecule has 2 aromatic carbocycles. The quantitative estimate of drug-likeness (QED) is 0.796. The van der Waals surface area contributed by atoms with E-state index in [2.05, 4.69) is 87.6 Å². The van der Waals surface area contributed by atoms with Crippen LogP contribution in [0.15, 0.2) is 54.6 Å². The lowest BCUT2D eigenvalue weighted by Gasteiger charge is -2.28. The van der Waals surface area contributed by atoms with Crippen molar-refractivity contribution >= 4 is 0 Å². The number of hydrogen-bond donors (Lipinski definition) is 1. The molecule has 0 saturated carbocycles. The highest BCUT2D eigenvalue weighted by molar-refractivity contribution is 5.26. The van der Waals surface area contributed by atoms with Crippen molar-refractivity contribution < 1.29 is 0 Å². The van der Waals surface area contributed by atoms with E-state index in [1.165, 1.54) is 16.7 Å². The van der Waals surface area contributed by atoms with E-state index in [1.807, 2.05) is 0 Å². The van der Waals surface area contributed by atoms with E-state index < -0.39 is 0 Å². The molecule has 1 nitrogen and oxygen atoms in total. The lowest BCUT2D eigenvalue weighted by Crippen LogP contribution is -2.34. The Kier molecular flexibility index (Phi) is 5.19. The third-order valence-electron chi connectivity index (χ3n) is 4.29. The van der Waals surface area contributed by atoms with Crippen molar-refractivity contribution in [1.29, 1.82) is 0 Å². The van der Waals surface area contributed by atoms with Crippen molar-refractivity contribution in [3.63, 3.8) is 0 Å². The van der Waals surface area contributed by atoms with Crippen LogP contribution in [-0.2, 0) is 11.8 Å². The summed E-state index contributed by atoms with van der Waals surface area (Å²) in [6.07, 6.45) is 1.10. The van der Waals surface area contributed by atoms with Gasteiger partial charge in [-0.3, -0.25) is 0 Å². The van der Waals surface area contributed by atoms with Gasteiger partial charge in [-0.2, -0.15) is 0 Å². The maximum absolute atomic E-state index is 3.68. The van der Waals surface area contributed by atoms with Gasteiger partial charge in [-0.1, -0.05) is 75.4 Å². The summed E-state index contributed by atoms with van der Waals surface area (Å²) in [5, 5.41) is 3.68. The van der Waals surface area contributed by atoms with E-state index in [4.69, 9.17) is 0 Å². The van der Waals surface area contributed by atoms with Gasteiger partial charge in [-0.15, -0.1) is 0 Å². The number of rotatable bonds is 6. The van der Waals surface area contributed by atoms with Gasteiger partial charge in [0.2, 0.25) is 0 Å². The lowest BCUT2D eigenvalue weighted by atomic mass is 9.84. The fraction of sp³-hybridized carbons (Fsp3) is 0.400. The molecule has 0 amide bonds. The second-order valence-corrected chi connectivity index (χ2v) is 6.45. The summed E-state index contributed by atoms with van der Waals surface area (Å²) in [5.74, 6) is 0. The van der Waals surface area contributed by atoms with Crippen LogP contribution in [0.2, 0.25) is 0 Å². The summed E-state index contributed by atoms with van der Waals surface area (Å²) in [4.78, 5) is 0. The van der Waals surface area contributed by atoms with Crippen molar-refractivity contribution in [1.82, 2.24) is 5.32 Å². The van der Waals surface area contributed by atoms with Crippen molar-refractivity contribution in [2.24, 2.45) is 0 Å². The molecule has 112 valence electrons. The van der Waals surface area contributed by atoms with Crippen LogP contribution in [0.4, 0.5) is 0 Å². The molecule has 1 heteroatoms. The summed E-state index contributed by atoms with van der Waals surface area (Å²) < 4.78 is 0. The van der Waals surface area contributed by atoms with Gasteiger partial charge >= 0.3 is 0 Å². The molecule has 0 bridgehead atoms. The van der Waals surface area contributed by atoms with Gasteiger partial charge in [-0.25, -0.2) is 0 Å². The Morgan fingerprint density at radius 2 is 1.57 bits per heavy atom. The number of hydrogen-bond acceptors (Lipinski definition) is 1. The van der Waals surface area contributed by atoms with E-state index in [0.29, 0.717) is 6.04 Å². The van der Waals surface area contributed by atoms with Gasteiger partial charge in [0.05, 0.1) is 0 Å². The Bertz CT molecular complexity index is 540. The van der Waals surface area contributed by atoms with Crippen LogP contribution in [-0.4, -0.2) is 6.54 Å². The molecular weight excluding hydrogens is 254 g/mol. The molecule has 0 radical (unpaired) electrons. The van der Waals surface area contributed by atoms with E-state index in [-0.39, 0.29) is 5.41 Å². The molecule has 0 aliphatic heterocycles. The highest BCUT2D eigenvalue weighted by Gasteiger charge is 2.20. The van der Waals surface area contributed by atoms with Gasteiger partial charge in [0, 0.05) is 18.0 Å². The first kappa shape index (κ1) is 15.8. The lowest BCUT2D eigenvalue weighted by molar-refractivity contribution is 0.435. The fourth-order valence-corrected chi connectivity index (χ4v) is 2.56. The zero-order chi connectivity index (χ0) is 15.3. The molecule has 0 aromatic heterocycles. The summed E-state index contributed by atoms with van der Waals surface area (Å²) in [6, 6.07) is 20.0. The third-order valence-corrected chi connectivity index (χ3v) is 4.29. The standard InChI is InChI=1S/C20H27N/c1-5-17-11-13-18(14-12-17)16(2)21-15-20(3,4)19-9-7-6-8-10-19/h6-14,16,21H,5,15H2,1-4H3. The van der Waals surface area contributed by atoms with Crippen LogP contribution in [0.5, 0.6) is 0 Å². The molecule has 0 saturated heterocycles. The van der Waals surface area contributed by atoms with Gasteiger partial charge in [-0.05, 0) is 30.0 Å². The Morgan fingerprint density at radius 1 is 0.952 bits per heavy atom. The Morgan fingerprint density at radius 3 is 2.14 bits per heavy atom. The number of aryl methyl sites for hydroxylation is 1. The maximum Gasteiger partial charge on any atom is 0.0292 e. The third kappa shape index (κ3) is 4.18. The first-order valence-corrected chi connectivity index (χ1v) is 7.90. The van der Waals surface area contributed by atoms with Crippen LogP contribution in [0.25, 0.3) is 0 Å². The monoisotopic (exact) mass is 281 g/mol. The molecule has 1 unspecified atom stereocenters. The predicted octanol–water partition coefficient (Wildman–Crippen LogP) is 4.88. The molecule has 0 spiro atoms.